The summed E-state index contributed by atoms with van der Waals surface area (Å²) in [5.41, 5.74) is 1.47. The van der Waals surface area contributed by atoms with Gasteiger partial charge in [0.15, 0.2) is 0 Å². The minimum Gasteiger partial charge on any atom is -0.374 e. The van der Waals surface area contributed by atoms with Crippen LogP contribution in [0.25, 0.3) is 0 Å². The zero-order chi connectivity index (χ0) is 12.9. The molecule has 2 atom stereocenters. The molecule has 1 aromatic carbocycles. The largest absolute Gasteiger partial charge is 0.374 e. The molecule has 1 aliphatic heterocycles. The lowest BCUT2D eigenvalue weighted by Gasteiger charge is -2.18. The molecule has 1 N–H and O–H groups in total. The van der Waals surface area contributed by atoms with Gasteiger partial charge in [-0.25, -0.2) is 0 Å². The van der Waals surface area contributed by atoms with Crippen LogP contribution in [0.5, 0.6) is 0 Å². The molecule has 2 aliphatic rings. The Hall–Kier alpha value is -1.02. The van der Waals surface area contributed by atoms with E-state index in [1.165, 1.54) is 49.9 Å². The molecule has 0 bridgehead atoms. The predicted molar refractivity (Wildman–Crippen MR) is 88.0 cm³/mol. The minimum atomic E-state index is 0. The highest BCUT2D eigenvalue weighted by Gasteiger charge is 2.28. The van der Waals surface area contributed by atoms with Crippen molar-refractivity contribution in [3.05, 3.63) is 35.9 Å². The fourth-order valence-corrected chi connectivity index (χ4v) is 3.41. The second-order valence-electron chi connectivity index (χ2n) is 5.83. The van der Waals surface area contributed by atoms with Crippen LogP contribution >= 0.6 is 12.4 Å². The second-order valence-corrected chi connectivity index (χ2v) is 5.83. The van der Waals surface area contributed by atoms with E-state index in [1.54, 1.807) is 0 Å². The molecule has 2 nitrogen and oxygen atoms in total. The van der Waals surface area contributed by atoms with Gasteiger partial charge in [-0.1, -0.05) is 43.2 Å². The molecule has 2 fully saturated rings. The lowest BCUT2D eigenvalue weighted by atomic mass is 9.94. The summed E-state index contributed by atoms with van der Waals surface area (Å²) >= 11 is 0. The summed E-state index contributed by atoms with van der Waals surface area (Å²) in [6.07, 6.45) is 8.97. The zero-order valence-corrected chi connectivity index (χ0v) is 12.9. The fourth-order valence-electron chi connectivity index (χ4n) is 3.41. The number of halogens is 1. The Morgan fingerprint density at radius 2 is 1.80 bits per heavy atom. The van der Waals surface area contributed by atoms with Gasteiger partial charge in [0.25, 0.3) is 0 Å². The van der Waals surface area contributed by atoms with Crippen molar-refractivity contribution in [1.82, 2.24) is 5.32 Å². The molecule has 110 valence electrons. The zero-order valence-electron chi connectivity index (χ0n) is 12.1. The van der Waals surface area contributed by atoms with Crippen molar-refractivity contribution in [3.63, 3.8) is 0 Å². The summed E-state index contributed by atoms with van der Waals surface area (Å²) in [6, 6.07) is 11.5. The maximum atomic E-state index is 5.06. The molecule has 0 spiro atoms. The van der Waals surface area contributed by atoms with E-state index in [9.17, 15) is 0 Å². The normalized spacial score (nSPS) is 28.5. The van der Waals surface area contributed by atoms with E-state index in [2.05, 4.69) is 35.6 Å². The van der Waals surface area contributed by atoms with Gasteiger partial charge in [0.05, 0.1) is 11.9 Å². The molecule has 1 heterocycles. The SMILES string of the molecule is Cl.c1ccc(C2CCCC2N=C2CCCCCN2)cc1. The van der Waals surface area contributed by atoms with Crippen LogP contribution in [0.15, 0.2) is 35.3 Å². The van der Waals surface area contributed by atoms with Crippen LogP contribution in [-0.4, -0.2) is 18.4 Å². The summed E-state index contributed by atoms with van der Waals surface area (Å²) in [7, 11) is 0. The van der Waals surface area contributed by atoms with Gasteiger partial charge >= 0.3 is 0 Å². The standard InChI is InChI=1S/C17H24N2.ClH/c1-3-8-14(9-4-1)15-10-7-11-16(15)19-17-12-5-2-6-13-18-17;/h1,3-4,8-9,15-16H,2,5-7,10-13H2,(H,18,19);1H. The van der Waals surface area contributed by atoms with Gasteiger partial charge < -0.3 is 5.32 Å². The highest BCUT2D eigenvalue weighted by molar-refractivity contribution is 5.85. The highest BCUT2D eigenvalue weighted by Crippen LogP contribution is 2.36. The van der Waals surface area contributed by atoms with Gasteiger partial charge in [-0.15, -0.1) is 12.4 Å². The Bertz CT molecular complexity index is 420. The Balaban J connectivity index is 0.00000147. The van der Waals surface area contributed by atoms with Crippen molar-refractivity contribution in [2.75, 3.05) is 6.54 Å². The van der Waals surface area contributed by atoms with Gasteiger partial charge in [0, 0.05) is 18.9 Å². The monoisotopic (exact) mass is 292 g/mol. The maximum absolute atomic E-state index is 5.06. The average molecular weight is 293 g/mol. The van der Waals surface area contributed by atoms with E-state index in [4.69, 9.17) is 4.99 Å². The minimum absolute atomic E-state index is 0. The number of nitrogens with zero attached hydrogens (tertiary/aromatic N) is 1. The number of benzene rings is 1. The maximum Gasteiger partial charge on any atom is 0.0966 e. The third-order valence-corrected chi connectivity index (χ3v) is 4.45. The molecule has 3 rings (SSSR count). The van der Waals surface area contributed by atoms with E-state index in [0.29, 0.717) is 12.0 Å². The molecule has 0 radical (unpaired) electrons. The molecule has 1 aliphatic carbocycles. The van der Waals surface area contributed by atoms with Gasteiger partial charge in [0.2, 0.25) is 0 Å². The highest BCUT2D eigenvalue weighted by atomic mass is 35.5. The number of nitrogens with one attached hydrogen (secondary N) is 1. The number of rotatable bonds is 2. The van der Waals surface area contributed by atoms with Crippen molar-refractivity contribution in [1.29, 1.82) is 0 Å². The predicted octanol–water partition coefficient (Wildman–Crippen LogP) is 4.31. The van der Waals surface area contributed by atoms with E-state index in [1.807, 2.05) is 0 Å². The quantitative estimate of drug-likeness (QED) is 0.863. The first-order valence-corrected chi connectivity index (χ1v) is 7.79. The van der Waals surface area contributed by atoms with Crippen LogP contribution in [0.3, 0.4) is 0 Å². The van der Waals surface area contributed by atoms with E-state index in [0.717, 1.165) is 13.0 Å². The van der Waals surface area contributed by atoms with Crippen LogP contribution in [0, 0.1) is 0 Å². The van der Waals surface area contributed by atoms with Crippen LogP contribution < -0.4 is 5.32 Å². The Morgan fingerprint density at radius 1 is 0.950 bits per heavy atom. The van der Waals surface area contributed by atoms with Crippen molar-refractivity contribution in [3.8, 4) is 0 Å². The molecule has 1 saturated carbocycles. The lowest BCUT2D eigenvalue weighted by Crippen LogP contribution is -2.25. The fraction of sp³-hybridized carbons (Fsp3) is 0.588. The van der Waals surface area contributed by atoms with E-state index in [-0.39, 0.29) is 12.4 Å². The van der Waals surface area contributed by atoms with Crippen LogP contribution in [0.2, 0.25) is 0 Å². The summed E-state index contributed by atoms with van der Waals surface area (Å²) in [5, 5.41) is 3.53. The van der Waals surface area contributed by atoms with Gasteiger partial charge in [-0.3, -0.25) is 4.99 Å². The third kappa shape index (κ3) is 3.76. The summed E-state index contributed by atoms with van der Waals surface area (Å²) < 4.78 is 0. The first kappa shape index (κ1) is 15.4. The smallest absolute Gasteiger partial charge is 0.0966 e. The third-order valence-electron chi connectivity index (χ3n) is 4.45. The number of amidine groups is 1. The van der Waals surface area contributed by atoms with E-state index >= 15 is 0 Å². The van der Waals surface area contributed by atoms with Crippen molar-refractivity contribution >= 4 is 18.2 Å². The van der Waals surface area contributed by atoms with Gasteiger partial charge in [-0.2, -0.15) is 0 Å². The molecule has 2 unspecified atom stereocenters. The molecule has 0 amide bonds. The molecule has 1 saturated heterocycles. The summed E-state index contributed by atoms with van der Waals surface area (Å²) in [6.45, 7) is 1.11. The first-order valence-electron chi connectivity index (χ1n) is 7.79. The average Bonchev–Trinajstić information content (AvgIpc) is 2.75. The molecule has 3 heteroatoms. The molecule has 20 heavy (non-hydrogen) atoms. The number of hydrogen-bond acceptors (Lipinski definition) is 1. The molecular formula is C17H25ClN2. The number of hydrogen-bond donors (Lipinski definition) is 1. The van der Waals surface area contributed by atoms with Crippen molar-refractivity contribution in [2.45, 2.75) is 56.9 Å². The Kier molecular flexibility index (Phi) is 5.90. The van der Waals surface area contributed by atoms with Crippen LogP contribution in [-0.2, 0) is 0 Å². The first-order chi connectivity index (χ1) is 9.43. The Labute approximate surface area is 128 Å². The molecule has 0 aromatic heterocycles. The van der Waals surface area contributed by atoms with Crippen molar-refractivity contribution in [2.24, 2.45) is 4.99 Å². The van der Waals surface area contributed by atoms with Gasteiger partial charge in [0.1, 0.15) is 0 Å². The lowest BCUT2D eigenvalue weighted by molar-refractivity contribution is 0.610. The molecule has 1 aromatic rings. The van der Waals surface area contributed by atoms with Gasteiger partial charge in [-0.05, 0) is 31.2 Å². The summed E-state index contributed by atoms with van der Waals surface area (Å²) in [4.78, 5) is 5.06. The Morgan fingerprint density at radius 3 is 2.65 bits per heavy atom. The van der Waals surface area contributed by atoms with Crippen LogP contribution in [0.4, 0.5) is 0 Å². The number of aliphatic imine (C=N–C) groups is 1. The summed E-state index contributed by atoms with van der Waals surface area (Å²) in [5.74, 6) is 1.91. The second kappa shape index (κ2) is 7.68. The van der Waals surface area contributed by atoms with Crippen LogP contribution in [0.1, 0.15) is 56.4 Å². The van der Waals surface area contributed by atoms with Crippen molar-refractivity contribution < 1.29 is 0 Å². The van der Waals surface area contributed by atoms with E-state index < -0.39 is 0 Å². The topological polar surface area (TPSA) is 24.4 Å². The molecular weight excluding hydrogens is 268 g/mol.